The Balaban J connectivity index is 0.00000280. The number of anilines is 3. The summed E-state index contributed by atoms with van der Waals surface area (Å²) in [5.74, 6) is 1.05. The van der Waals surface area contributed by atoms with Crippen LogP contribution in [0.4, 0.5) is 30.6 Å². The highest BCUT2D eigenvalue weighted by molar-refractivity contribution is 5.90. The number of hydrogen-bond acceptors (Lipinski definition) is 7. The van der Waals surface area contributed by atoms with E-state index >= 15 is 0 Å². The molecule has 1 aliphatic heterocycles. The third-order valence-corrected chi connectivity index (χ3v) is 3.96. The largest absolute Gasteiger partial charge is 0.483 e. The van der Waals surface area contributed by atoms with E-state index in [-0.39, 0.29) is 30.6 Å². The molecule has 0 radical (unpaired) electrons. The second-order valence-electron chi connectivity index (χ2n) is 6.00. The molecule has 11 heteroatoms. The molecule has 3 heterocycles. The summed E-state index contributed by atoms with van der Waals surface area (Å²) in [6.07, 6.45) is -2.07. The number of aromatic nitrogens is 3. The predicted octanol–water partition coefficient (Wildman–Crippen LogP) is 3.35. The van der Waals surface area contributed by atoms with Crippen LogP contribution in [-0.2, 0) is 4.74 Å². The number of pyridine rings is 1. The topological polar surface area (TPSA) is 99.1 Å². The number of nitrogens with zero attached hydrogens (tertiary/aromatic N) is 3. The van der Waals surface area contributed by atoms with E-state index in [1.165, 1.54) is 12.3 Å². The van der Waals surface area contributed by atoms with Crippen molar-refractivity contribution >= 4 is 23.7 Å². The normalized spacial score (nSPS) is 17.0. The average molecular weight is 400 g/mol. The zero-order valence-electron chi connectivity index (χ0n) is 14.5. The van der Waals surface area contributed by atoms with Gasteiger partial charge in [-0.3, -0.25) is 5.10 Å². The van der Waals surface area contributed by atoms with E-state index in [4.69, 9.17) is 14.9 Å². The van der Waals surface area contributed by atoms with Crippen LogP contribution in [0.25, 0.3) is 0 Å². The van der Waals surface area contributed by atoms with Crippen molar-refractivity contribution in [3.05, 3.63) is 23.9 Å². The minimum atomic E-state index is -4.49. The van der Waals surface area contributed by atoms with Crippen LogP contribution in [0.2, 0.25) is 0 Å². The summed E-state index contributed by atoms with van der Waals surface area (Å²) in [6.45, 7) is 1.99. The van der Waals surface area contributed by atoms with Crippen molar-refractivity contribution in [3.8, 4) is 5.75 Å². The Labute approximate surface area is 160 Å². The molecule has 0 aromatic carbocycles. The fourth-order valence-corrected chi connectivity index (χ4v) is 2.70. The van der Waals surface area contributed by atoms with E-state index in [0.29, 0.717) is 31.4 Å². The number of H-pyrrole nitrogens is 1. The Morgan fingerprint density at radius 2 is 2.29 bits per heavy atom. The Hall–Kier alpha value is -2.82. The van der Waals surface area contributed by atoms with E-state index in [9.17, 15) is 13.2 Å². The van der Waals surface area contributed by atoms with Crippen LogP contribution in [0, 0.1) is 5.41 Å². The summed E-state index contributed by atoms with van der Waals surface area (Å²) >= 11 is 0. The van der Waals surface area contributed by atoms with E-state index in [1.54, 1.807) is 6.07 Å². The van der Waals surface area contributed by atoms with Crippen molar-refractivity contribution in [1.82, 2.24) is 15.2 Å². The first-order valence-electron chi connectivity index (χ1n) is 8.23. The van der Waals surface area contributed by atoms with Crippen molar-refractivity contribution in [2.24, 2.45) is 0 Å². The zero-order chi connectivity index (χ0) is 19.4. The Morgan fingerprint density at radius 1 is 1.50 bits per heavy atom. The third-order valence-electron chi connectivity index (χ3n) is 3.96. The molecule has 28 heavy (non-hydrogen) atoms. The summed E-state index contributed by atoms with van der Waals surface area (Å²) in [5, 5.41) is 17.1. The average Bonchev–Trinajstić information content (AvgIpc) is 3.12. The summed E-state index contributed by atoms with van der Waals surface area (Å²) < 4.78 is 48.3. The second-order valence-corrected chi connectivity index (χ2v) is 6.00. The van der Waals surface area contributed by atoms with Gasteiger partial charge < -0.3 is 25.1 Å². The molecule has 0 bridgehead atoms. The molecule has 2 aromatic heterocycles. The number of ether oxygens (including phenoxy) is 2. The van der Waals surface area contributed by atoms with Crippen LogP contribution in [0.3, 0.4) is 0 Å². The lowest BCUT2D eigenvalue weighted by atomic mass is 10.2. The molecule has 2 aromatic rings. The molecule has 0 saturated carbocycles. The van der Waals surface area contributed by atoms with Crippen LogP contribution in [0.15, 0.2) is 18.3 Å². The van der Waals surface area contributed by atoms with Crippen LogP contribution in [0.5, 0.6) is 5.75 Å². The Bertz CT molecular complexity index is 782. The van der Waals surface area contributed by atoms with Crippen molar-refractivity contribution in [3.63, 3.8) is 0 Å². The molecule has 0 amide bonds. The minimum absolute atomic E-state index is 0. The number of rotatable bonds is 6. The summed E-state index contributed by atoms with van der Waals surface area (Å²) in [6, 6.07) is 3.05. The zero-order valence-corrected chi connectivity index (χ0v) is 14.5. The molecule has 8 nitrogen and oxygen atoms in total. The first kappa shape index (κ1) is 21.5. The number of nitrogens with one attached hydrogen (secondary N) is 3. The maximum atomic E-state index is 12.6. The molecule has 1 unspecified atom stereocenters. The maximum Gasteiger partial charge on any atom is 0.422 e. The lowest BCUT2D eigenvalue weighted by Crippen LogP contribution is -2.44. The minimum Gasteiger partial charge on any atom is -0.483 e. The fraction of sp³-hybridized carbons (Fsp3) is 0.471. The highest BCUT2D eigenvalue weighted by atomic mass is 19.4. The van der Waals surface area contributed by atoms with Gasteiger partial charge in [0.05, 0.1) is 31.0 Å². The van der Waals surface area contributed by atoms with E-state index in [0.717, 1.165) is 6.21 Å². The lowest BCUT2D eigenvalue weighted by Gasteiger charge is -2.34. The molecular formula is C17H23F3N6O2. The summed E-state index contributed by atoms with van der Waals surface area (Å²) in [4.78, 5) is 6.42. The van der Waals surface area contributed by atoms with Crippen molar-refractivity contribution in [2.45, 2.75) is 26.6 Å². The lowest BCUT2D eigenvalue weighted by molar-refractivity contribution is -0.153. The van der Waals surface area contributed by atoms with Crippen molar-refractivity contribution < 1.29 is 22.6 Å². The molecular weight excluding hydrogens is 377 g/mol. The van der Waals surface area contributed by atoms with Gasteiger partial charge in [0.2, 0.25) is 0 Å². The van der Waals surface area contributed by atoms with Crippen LogP contribution >= 0.6 is 0 Å². The van der Waals surface area contributed by atoms with Crippen molar-refractivity contribution in [2.75, 3.05) is 36.6 Å². The smallest absolute Gasteiger partial charge is 0.422 e. The van der Waals surface area contributed by atoms with Gasteiger partial charge in [0.15, 0.2) is 6.61 Å². The molecule has 3 N–H and O–H groups in total. The van der Waals surface area contributed by atoms with Gasteiger partial charge in [-0.25, -0.2) is 4.98 Å². The van der Waals surface area contributed by atoms with Crippen LogP contribution in [0.1, 0.15) is 19.9 Å². The number of morpholine rings is 1. The Kier molecular flexibility index (Phi) is 6.84. The van der Waals surface area contributed by atoms with Gasteiger partial charge in [0.1, 0.15) is 23.2 Å². The summed E-state index contributed by atoms with van der Waals surface area (Å²) in [7, 11) is 0. The molecule has 154 valence electrons. The van der Waals surface area contributed by atoms with E-state index in [1.807, 2.05) is 11.8 Å². The number of hydrogen-bond donors (Lipinski definition) is 3. The van der Waals surface area contributed by atoms with Gasteiger partial charge in [-0.2, -0.15) is 18.3 Å². The third kappa shape index (κ3) is 5.12. The van der Waals surface area contributed by atoms with E-state index in [2.05, 4.69) is 20.5 Å². The second kappa shape index (κ2) is 8.91. The maximum absolute atomic E-state index is 12.6. The molecule has 0 spiro atoms. The number of alkyl halides is 3. The Morgan fingerprint density at radius 3 is 2.89 bits per heavy atom. The van der Waals surface area contributed by atoms with Crippen LogP contribution < -0.4 is 15.0 Å². The van der Waals surface area contributed by atoms with Crippen LogP contribution in [-0.4, -0.2) is 60.0 Å². The fourth-order valence-electron chi connectivity index (χ4n) is 2.70. The molecule has 1 fully saturated rings. The number of aromatic amines is 1. The molecule has 1 atom stereocenters. The predicted molar refractivity (Wildman–Crippen MR) is 99.9 cm³/mol. The molecule has 0 aliphatic carbocycles. The van der Waals surface area contributed by atoms with Gasteiger partial charge in [-0.1, -0.05) is 7.43 Å². The van der Waals surface area contributed by atoms with Gasteiger partial charge in [0, 0.05) is 24.9 Å². The first-order valence-corrected chi connectivity index (χ1v) is 8.23. The summed E-state index contributed by atoms with van der Waals surface area (Å²) in [5.41, 5.74) is 0.110. The SMILES string of the molecule is C.CC1COCCN1c1cc(OCC(F)(F)F)c(C=N)c(Nc2ccn[nH]2)n1. The van der Waals surface area contributed by atoms with Crippen molar-refractivity contribution in [1.29, 1.82) is 5.41 Å². The molecule has 3 rings (SSSR count). The van der Waals surface area contributed by atoms with E-state index < -0.39 is 12.8 Å². The molecule has 1 saturated heterocycles. The molecule has 1 aliphatic rings. The highest BCUT2D eigenvalue weighted by Crippen LogP contribution is 2.32. The van der Waals surface area contributed by atoms with Gasteiger partial charge in [-0.15, -0.1) is 0 Å². The van der Waals surface area contributed by atoms with Gasteiger partial charge in [0.25, 0.3) is 0 Å². The monoisotopic (exact) mass is 400 g/mol. The van der Waals surface area contributed by atoms with Gasteiger partial charge >= 0.3 is 6.18 Å². The quantitative estimate of drug-likeness (QED) is 0.643. The first-order chi connectivity index (χ1) is 12.9. The highest BCUT2D eigenvalue weighted by Gasteiger charge is 2.30. The standard InChI is InChI=1S/C16H19F3N6O2.CH4/c1-10-8-26-5-4-25(10)14-6-12(27-9-16(17,18)19)11(7-20)15(23-14)22-13-2-3-21-24-13;/h2-3,6-7,10,20H,4-5,8-9H2,1H3,(H2,21,22,23,24);1H4. The van der Waals surface area contributed by atoms with Gasteiger partial charge in [-0.05, 0) is 6.92 Å². The number of halogens is 3.